The molecule has 0 saturated heterocycles. The van der Waals surface area contributed by atoms with Crippen LogP contribution in [0.4, 0.5) is 5.69 Å². The Kier molecular flexibility index (Phi) is 6.29. The first-order valence-corrected chi connectivity index (χ1v) is 5.89. The normalized spacial score (nSPS) is 12.1. The van der Waals surface area contributed by atoms with Crippen molar-refractivity contribution in [3.63, 3.8) is 0 Å². The molecule has 0 aliphatic carbocycles. The van der Waals surface area contributed by atoms with Crippen molar-refractivity contribution in [1.82, 2.24) is 5.32 Å². The summed E-state index contributed by atoms with van der Waals surface area (Å²) < 4.78 is 5.35. The van der Waals surface area contributed by atoms with Gasteiger partial charge in [-0.2, -0.15) is 0 Å². The molecule has 0 fully saturated rings. The van der Waals surface area contributed by atoms with Gasteiger partial charge in [0, 0.05) is 18.8 Å². The highest BCUT2D eigenvalue weighted by molar-refractivity contribution is 5.92. The number of benzene rings is 1. The first-order valence-electron chi connectivity index (χ1n) is 5.89. The molecule has 0 aliphatic heterocycles. The Morgan fingerprint density at radius 1 is 1.35 bits per heavy atom. The average Bonchev–Trinajstić information content (AvgIpc) is 2.30. The number of carbonyl (C=O) groups is 1. The molecule has 1 amide bonds. The second-order valence-electron chi connectivity index (χ2n) is 3.81. The van der Waals surface area contributed by atoms with E-state index in [2.05, 4.69) is 10.6 Å². The van der Waals surface area contributed by atoms with E-state index in [1.54, 1.807) is 0 Å². The minimum Gasteiger partial charge on any atom is -0.377 e. The Balaban J connectivity index is 2.18. The quantitative estimate of drug-likeness (QED) is 0.756. The Bertz CT molecular complexity index is 327. The van der Waals surface area contributed by atoms with Crippen LogP contribution in [0.2, 0.25) is 0 Å². The third kappa shape index (κ3) is 6.04. The van der Waals surface area contributed by atoms with E-state index in [0.717, 1.165) is 5.69 Å². The number of nitrogens with one attached hydrogen (secondary N) is 2. The topological polar surface area (TPSA) is 50.4 Å². The van der Waals surface area contributed by atoms with Gasteiger partial charge in [-0.05, 0) is 26.0 Å². The standard InChI is InChI=1S/C13H20N2O2/c1-3-17-11(2)9-14-10-13(16)15-12-7-5-4-6-8-12/h4-8,11,14H,3,9-10H2,1-2H3,(H,15,16). The zero-order valence-corrected chi connectivity index (χ0v) is 10.4. The maximum absolute atomic E-state index is 11.5. The highest BCUT2D eigenvalue weighted by Crippen LogP contribution is 2.03. The molecular weight excluding hydrogens is 216 g/mol. The Morgan fingerprint density at radius 2 is 2.06 bits per heavy atom. The summed E-state index contributed by atoms with van der Waals surface area (Å²) in [4.78, 5) is 11.5. The lowest BCUT2D eigenvalue weighted by Crippen LogP contribution is -2.33. The van der Waals surface area contributed by atoms with E-state index < -0.39 is 0 Å². The SMILES string of the molecule is CCOC(C)CNCC(=O)Nc1ccccc1. The van der Waals surface area contributed by atoms with Gasteiger partial charge in [-0.25, -0.2) is 0 Å². The molecule has 1 aromatic carbocycles. The predicted octanol–water partition coefficient (Wildman–Crippen LogP) is 1.64. The summed E-state index contributed by atoms with van der Waals surface area (Å²) >= 11 is 0. The predicted molar refractivity (Wildman–Crippen MR) is 69.0 cm³/mol. The van der Waals surface area contributed by atoms with Crippen LogP contribution in [0, 0.1) is 0 Å². The highest BCUT2D eigenvalue weighted by Gasteiger charge is 2.03. The van der Waals surface area contributed by atoms with Crippen molar-refractivity contribution in [3.05, 3.63) is 30.3 Å². The third-order valence-corrected chi connectivity index (χ3v) is 2.23. The maximum Gasteiger partial charge on any atom is 0.238 e. The summed E-state index contributed by atoms with van der Waals surface area (Å²) in [6.45, 7) is 5.60. The van der Waals surface area contributed by atoms with Gasteiger partial charge in [0.15, 0.2) is 0 Å². The molecule has 4 nitrogen and oxygen atoms in total. The van der Waals surface area contributed by atoms with Crippen molar-refractivity contribution < 1.29 is 9.53 Å². The largest absolute Gasteiger partial charge is 0.377 e. The number of anilines is 1. The zero-order chi connectivity index (χ0) is 12.5. The number of rotatable bonds is 7. The molecule has 0 radical (unpaired) electrons. The molecule has 1 aromatic rings. The molecule has 94 valence electrons. The van der Waals surface area contributed by atoms with E-state index in [1.807, 2.05) is 44.2 Å². The van der Waals surface area contributed by atoms with E-state index in [0.29, 0.717) is 19.7 Å². The van der Waals surface area contributed by atoms with E-state index in [4.69, 9.17) is 4.74 Å². The molecule has 2 N–H and O–H groups in total. The van der Waals surface area contributed by atoms with Gasteiger partial charge in [0.05, 0.1) is 12.6 Å². The number of hydrogen-bond acceptors (Lipinski definition) is 3. The van der Waals surface area contributed by atoms with Crippen LogP contribution in [-0.4, -0.2) is 31.7 Å². The molecule has 0 aromatic heterocycles. The van der Waals surface area contributed by atoms with Gasteiger partial charge in [-0.3, -0.25) is 4.79 Å². The van der Waals surface area contributed by atoms with Crippen molar-refractivity contribution in [1.29, 1.82) is 0 Å². The first kappa shape index (κ1) is 13.7. The van der Waals surface area contributed by atoms with Gasteiger partial charge < -0.3 is 15.4 Å². The van der Waals surface area contributed by atoms with Gasteiger partial charge in [0.1, 0.15) is 0 Å². The summed E-state index contributed by atoms with van der Waals surface area (Å²) in [5, 5.41) is 5.86. The fourth-order valence-electron chi connectivity index (χ4n) is 1.46. The van der Waals surface area contributed by atoms with Crippen molar-refractivity contribution in [2.45, 2.75) is 20.0 Å². The summed E-state index contributed by atoms with van der Waals surface area (Å²) in [7, 11) is 0. The lowest BCUT2D eigenvalue weighted by molar-refractivity contribution is -0.115. The monoisotopic (exact) mass is 236 g/mol. The maximum atomic E-state index is 11.5. The summed E-state index contributed by atoms with van der Waals surface area (Å²) in [6, 6.07) is 9.42. The smallest absolute Gasteiger partial charge is 0.238 e. The van der Waals surface area contributed by atoms with Crippen LogP contribution in [-0.2, 0) is 9.53 Å². The molecule has 0 saturated carbocycles. The molecule has 0 spiro atoms. The molecular formula is C13H20N2O2. The van der Waals surface area contributed by atoms with Crippen molar-refractivity contribution >= 4 is 11.6 Å². The van der Waals surface area contributed by atoms with Crippen LogP contribution >= 0.6 is 0 Å². The highest BCUT2D eigenvalue weighted by atomic mass is 16.5. The molecule has 0 heterocycles. The summed E-state index contributed by atoms with van der Waals surface area (Å²) in [5.74, 6) is -0.0418. The van der Waals surface area contributed by atoms with Crippen LogP contribution < -0.4 is 10.6 Å². The number of carbonyl (C=O) groups excluding carboxylic acids is 1. The van der Waals surface area contributed by atoms with Gasteiger partial charge in [0.2, 0.25) is 5.91 Å². The Hall–Kier alpha value is -1.39. The van der Waals surface area contributed by atoms with E-state index in [1.165, 1.54) is 0 Å². The minimum atomic E-state index is -0.0418. The van der Waals surface area contributed by atoms with Crippen LogP contribution in [0.1, 0.15) is 13.8 Å². The van der Waals surface area contributed by atoms with Crippen LogP contribution in [0.15, 0.2) is 30.3 Å². The van der Waals surface area contributed by atoms with Crippen LogP contribution in [0.25, 0.3) is 0 Å². The summed E-state index contributed by atoms with van der Waals surface area (Å²) in [6.07, 6.45) is 0.129. The molecule has 1 atom stereocenters. The fourth-order valence-corrected chi connectivity index (χ4v) is 1.46. The molecule has 0 aliphatic rings. The van der Waals surface area contributed by atoms with Crippen molar-refractivity contribution in [2.75, 3.05) is 25.0 Å². The zero-order valence-electron chi connectivity index (χ0n) is 10.4. The lowest BCUT2D eigenvalue weighted by atomic mass is 10.3. The molecule has 4 heteroatoms. The van der Waals surface area contributed by atoms with Crippen molar-refractivity contribution in [2.24, 2.45) is 0 Å². The van der Waals surface area contributed by atoms with E-state index in [9.17, 15) is 4.79 Å². The molecule has 1 unspecified atom stereocenters. The average molecular weight is 236 g/mol. The molecule has 1 rings (SSSR count). The first-order chi connectivity index (χ1) is 8.22. The Morgan fingerprint density at radius 3 is 2.71 bits per heavy atom. The van der Waals surface area contributed by atoms with Gasteiger partial charge in [0.25, 0.3) is 0 Å². The van der Waals surface area contributed by atoms with Gasteiger partial charge >= 0.3 is 0 Å². The minimum absolute atomic E-state index is 0.0418. The second-order valence-corrected chi connectivity index (χ2v) is 3.81. The van der Waals surface area contributed by atoms with Gasteiger partial charge in [-0.1, -0.05) is 18.2 Å². The second kappa shape index (κ2) is 7.81. The van der Waals surface area contributed by atoms with Gasteiger partial charge in [-0.15, -0.1) is 0 Å². The number of ether oxygens (including phenoxy) is 1. The van der Waals surface area contributed by atoms with Crippen LogP contribution in [0.5, 0.6) is 0 Å². The van der Waals surface area contributed by atoms with Crippen LogP contribution in [0.3, 0.4) is 0 Å². The third-order valence-electron chi connectivity index (χ3n) is 2.23. The summed E-state index contributed by atoms with van der Waals surface area (Å²) in [5.41, 5.74) is 0.817. The Labute approximate surface area is 102 Å². The molecule has 0 bridgehead atoms. The molecule has 17 heavy (non-hydrogen) atoms. The van der Waals surface area contributed by atoms with Crippen molar-refractivity contribution in [3.8, 4) is 0 Å². The number of hydrogen-bond donors (Lipinski definition) is 2. The number of para-hydroxylation sites is 1. The fraction of sp³-hybridized carbons (Fsp3) is 0.462. The number of amides is 1. The van der Waals surface area contributed by atoms with E-state index >= 15 is 0 Å². The lowest BCUT2D eigenvalue weighted by Gasteiger charge is -2.12. The van der Waals surface area contributed by atoms with E-state index in [-0.39, 0.29) is 12.0 Å².